The summed E-state index contributed by atoms with van der Waals surface area (Å²) < 4.78 is 12.8. The van der Waals surface area contributed by atoms with Crippen LogP contribution in [0.1, 0.15) is 5.56 Å². The average molecular weight is 310 g/mol. The number of anilines is 1. The van der Waals surface area contributed by atoms with Crippen LogP contribution >= 0.6 is 43.9 Å². The Labute approximate surface area is 114 Å². The number of rotatable bonds is 3. The predicted molar refractivity (Wildman–Crippen MR) is 72.2 cm³/mol. The second kappa shape index (κ2) is 5.35. The van der Waals surface area contributed by atoms with Crippen molar-refractivity contribution in [2.24, 2.45) is 0 Å². The lowest BCUT2D eigenvalue weighted by Crippen LogP contribution is -2.00. The van der Waals surface area contributed by atoms with Crippen LogP contribution in [0, 0.1) is 5.82 Å². The molecular weight excluding hydrogens is 304 g/mol. The third kappa shape index (κ3) is 2.98. The van der Waals surface area contributed by atoms with Gasteiger partial charge in [-0.2, -0.15) is 0 Å². The fourth-order valence-corrected chi connectivity index (χ4v) is 3.81. The lowest BCUT2D eigenvalue weighted by Gasteiger charge is -2.04. The van der Waals surface area contributed by atoms with E-state index in [4.69, 9.17) is 23.2 Å². The maximum Gasteiger partial charge on any atom is 0.263 e. The van der Waals surface area contributed by atoms with E-state index in [1.54, 1.807) is 6.07 Å². The van der Waals surface area contributed by atoms with Crippen molar-refractivity contribution in [2.45, 2.75) is 6.54 Å². The third-order valence-electron chi connectivity index (χ3n) is 2.02. The second-order valence-electron chi connectivity index (χ2n) is 3.20. The summed E-state index contributed by atoms with van der Waals surface area (Å²) >= 11 is 11.4. The molecule has 1 aromatic heterocycles. The van der Waals surface area contributed by atoms with E-state index in [2.05, 4.69) is 5.32 Å². The SMILES string of the molecule is O=c1ssc(NCc2ccc(F)c(Cl)c2)c1Cl. The van der Waals surface area contributed by atoms with E-state index in [9.17, 15) is 9.18 Å². The largest absolute Gasteiger partial charge is 0.371 e. The van der Waals surface area contributed by atoms with Crippen molar-refractivity contribution in [3.05, 3.63) is 49.2 Å². The smallest absolute Gasteiger partial charge is 0.263 e. The summed E-state index contributed by atoms with van der Waals surface area (Å²) in [5.74, 6) is -0.450. The first-order valence-corrected chi connectivity index (χ1v) is 7.45. The maximum absolute atomic E-state index is 12.9. The number of hydrogen-bond acceptors (Lipinski definition) is 4. The molecule has 2 nitrogen and oxygen atoms in total. The fraction of sp³-hybridized carbons (Fsp3) is 0.100. The molecule has 1 heterocycles. The van der Waals surface area contributed by atoms with Crippen LogP contribution in [0.15, 0.2) is 23.0 Å². The Bertz CT molecular complexity index is 596. The summed E-state index contributed by atoms with van der Waals surface area (Å²) in [5, 5.41) is 3.92. The maximum atomic E-state index is 12.9. The Kier molecular flexibility index (Phi) is 4.04. The molecule has 0 aliphatic rings. The molecule has 2 aromatic rings. The van der Waals surface area contributed by atoms with Crippen molar-refractivity contribution in [1.82, 2.24) is 0 Å². The normalized spacial score (nSPS) is 10.5. The Balaban J connectivity index is 2.10. The fourth-order valence-electron chi connectivity index (χ4n) is 1.18. The summed E-state index contributed by atoms with van der Waals surface area (Å²) in [4.78, 5) is 11.1. The van der Waals surface area contributed by atoms with Gasteiger partial charge in [-0.3, -0.25) is 4.79 Å². The van der Waals surface area contributed by atoms with Gasteiger partial charge in [-0.15, -0.1) is 0 Å². The van der Waals surface area contributed by atoms with E-state index in [1.807, 2.05) is 0 Å². The molecule has 0 saturated carbocycles. The molecule has 17 heavy (non-hydrogen) atoms. The number of halogens is 3. The standard InChI is InChI=1S/C10H6Cl2FNOS2/c11-6-3-5(1-2-7(6)13)4-14-9-8(12)10(15)17-16-9/h1-3,14H,4H2. The minimum Gasteiger partial charge on any atom is -0.371 e. The van der Waals surface area contributed by atoms with E-state index in [-0.39, 0.29) is 14.8 Å². The molecule has 0 spiro atoms. The molecule has 0 amide bonds. The number of hydrogen-bond donors (Lipinski definition) is 1. The van der Waals surface area contributed by atoms with E-state index in [0.717, 1.165) is 15.9 Å². The monoisotopic (exact) mass is 309 g/mol. The molecule has 0 fully saturated rings. The first kappa shape index (κ1) is 12.8. The summed E-state index contributed by atoms with van der Waals surface area (Å²) in [6, 6.07) is 4.46. The number of benzene rings is 1. The van der Waals surface area contributed by atoms with E-state index in [0.29, 0.717) is 11.5 Å². The molecule has 0 atom stereocenters. The zero-order valence-corrected chi connectivity index (χ0v) is 11.4. The predicted octanol–water partition coefficient (Wildman–Crippen LogP) is 4.23. The minimum absolute atomic E-state index is 0.0777. The zero-order chi connectivity index (χ0) is 12.4. The summed E-state index contributed by atoms with van der Waals surface area (Å²) in [7, 11) is 2.36. The van der Waals surface area contributed by atoms with E-state index < -0.39 is 5.82 Å². The average Bonchev–Trinajstić information content (AvgIpc) is 2.62. The van der Waals surface area contributed by atoms with Crippen molar-refractivity contribution in [1.29, 1.82) is 0 Å². The third-order valence-corrected chi connectivity index (χ3v) is 5.05. The van der Waals surface area contributed by atoms with Crippen LogP contribution in [0.2, 0.25) is 10.0 Å². The highest BCUT2D eigenvalue weighted by Crippen LogP contribution is 2.27. The van der Waals surface area contributed by atoms with Crippen molar-refractivity contribution in [2.75, 3.05) is 5.32 Å². The van der Waals surface area contributed by atoms with Crippen LogP contribution in [0.3, 0.4) is 0 Å². The molecule has 1 aromatic carbocycles. The summed E-state index contributed by atoms with van der Waals surface area (Å²) in [5.41, 5.74) is 0.818. The molecule has 0 aliphatic carbocycles. The topological polar surface area (TPSA) is 29.1 Å². The molecule has 0 saturated heterocycles. The molecule has 1 N–H and O–H groups in total. The molecule has 0 aliphatic heterocycles. The molecular formula is C10H6Cl2FNOS2. The van der Waals surface area contributed by atoms with Gasteiger partial charge in [0.15, 0.2) is 0 Å². The summed E-state index contributed by atoms with van der Waals surface area (Å²) in [6.07, 6.45) is 0. The summed E-state index contributed by atoms with van der Waals surface area (Å²) in [6.45, 7) is 0.437. The van der Waals surface area contributed by atoms with Gasteiger partial charge in [-0.25, -0.2) is 4.39 Å². The first-order chi connectivity index (χ1) is 8.08. The van der Waals surface area contributed by atoms with E-state index in [1.165, 1.54) is 22.5 Å². The van der Waals surface area contributed by atoms with Gasteiger partial charge in [0.25, 0.3) is 4.74 Å². The van der Waals surface area contributed by atoms with Crippen LogP contribution in [0.5, 0.6) is 0 Å². The molecule has 0 unspecified atom stereocenters. The van der Waals surface area contributed by atoms with Crippen molar-refractivity contribution in [3.63, 3.8) is 0 Å². The van der Waals surface area contributed by atoms with Gasteiger partial charge < -0.3 is 5.32 Å². The molecule has 0 radical (unpaired) electrons. The molecule has 90 valence electrons. The number of nitrogens with one attached hydrogen (secondary N) is 1. The highest BCUT2D eigenvalue weighted by Gasteiger charge is 2.08. The van der Waals surface area contributed by atoms with Crippen LogP contribution in [0.25, 0.3) is 0 Å². The van der Waals surface area contributed by atoms with Crippen LogP contribution in [-0.2, 0) is 6.54 Å². The second-order valence-corrected chi connectivity index (χ2v) is 6.10. The molecule has 0 bridgehead atoms. The van der Waals surface area contributed by atoms with Gasteiger partial charge in [0.1, 0.15) is 15.8 Å². The van der Waals surface area contributed by atoms with Crippen molar-refractivity contribution < 1.29 is 4.39 Å². The Morgan fingerprint density at radius 2 is 2.06 bits per heavy atom. The lowest BCUT2D eigenvalue weighted by atomic mass is 10.2. The lowest BCUT2D eigenvalue weighted by molar-refractivity contribution is 0.627. The first-order valence-electron chi connectivity index (χ1n) is 4.54. The van der Waals surface area contributed by atoms with Gasteiger partial charge in [0, 0.05) is 6.54 Å². The Hall–Kier alpha value is -0.620. The van der Waals surface area contributed by atoms with Crippen molar-refractivity contribution >= 4 is 48.9 Å². The van der Waals surface area contributed by atoms with Gasteiger partial charge >= 0.3 is 0 Å². The Morgan fingerprint density at radius 1 is 1.29 bits per heavy atom. The zero-order valence-electron chi connectivity index (χ0n) is 8.30. The van der Waals surface area contributed by atoms with Crippen LogP contribution in [0.4, 0.5) is 9.39 Å². The van der Waals surface area contributed by atoms with Gasteiger partial charge in [0.2, 0.25) is 0 Å². The quantitative estimate of drug-likeness (QED) is 0.860. The van der Waals surface area contributed by atoms with Gasteiger partial charge in [0.05, 0.1) is 5.02 Å². The van der Waals surface area contributed by atoms with E-state index >= 15 is 0 Å². The van der Waals surface area contributed by atoms with Crippen LogP contribution < -0.4 is 10.1 Å². The minimum atomic E-state index is -0.450. The molecule has 2 rings (SSSR count). The van der Waals surface area contributed by atoms with Crippen LogP contribution in [-0.4, -0.2) is 0 Å². The highest BCUT2D eigenvalue weighted by atomic mass is 35.5. The highest BCUT2D eigenvalue weighted by molar-refractivity contribution is 7.70. The van der Waals surface area contributed by atoms with Crippen molar-refractivity contribution in [3.8, 4) is 0 Å². The Morgan fingerprint density at radius 3 is 2.65 bits per heavy atom. The van der Waals surface area contributed by atoms with Gasteiger partial charge in [-0.05, 0) is 28.0 Å². The van der Waals surface area contributed by atoms with Gasteiger partial charge in [-0.1, -0.05) is 39.6 Å². The molecule has 7 heteroatoms.